The number of anilines is 3. The Balaban J connectivity index is 1.44. The Morgan fingerprint density at radius 3 is 2.53 bits per heavy atom. The summed E-state index contributed by atoms with van der Waals surface area (Å²) in [5.41, 5.74) is 2.09. The molecule has 0 spiro atoms. The first-order chi connectivity index (χ1) is 14.5. The number of carbonyl (C=O) groups is 2. The number of para-hydroxylation sites is 3. The number of rotatable bonds is 5. The Morgan fingerprint density at radius 1 is 1.07 bits per heavy atom. The molecule has 7 heteroatoms. The van der Waals surface area contributed by atoms with E-state index in [1.807, 2.05) is 42.5 Å². The van der Waals surface area contributed by atoms with Crippen molar-refractivity contribution < 1.29 is 14.3 Å². The number of hydrogen-bond acceptors (Lipinski definition) is 4. The molecular weight excluding hydrogens is 402 g/mol. The van der Waals surface area contributed by atoms with Gasteiger partial charge in [0, 0.05) is 5.69 Å². The zero-order chi connectivity index (χ0) is 21.1. The largest absolute Gasteiger partial charge is 0.456 e. The van der Waals surface area contributed by atoms with Crippen LogP contribution in [-0.4, -0.2) is 24.4 Å². The maximum atomic E-state index is 13.0. The molecule has 0 bridgehead atoms. The van der Waals surface area contributed by atoms with Gasteiger partial charge < -0.3 is 15.4 Å². The summed E-state index contributed by atoms with van der Waals surface area (Å²) in [7, 11) is 0. The summed E-state index contributed by atoms with van der Waals surface area (Å²) in [5.74, 6) is 0.809. The van der Waals surface area contributed by atoms with Crippen molar-refractivity contribution in [1.82, 2.24) is 0 Å². The first-order valence-electron chi connectivity index (χ1n) is 9.50. The lowest BCUT2D eigenvalue weighted by Crippen LogP contribution is -2.47. The van der Waals surface area contributed by atoms with Crippen molar-refractivity contribution in [3.63, 3.8) is 0 Å². The molecule has 2 N–H and O–H groups in total. The average Bonchev–Trinajstić information content (AvgIpc) is 2.75. The molecule has 0 radical (unpaired) electrons. The maximum Gasteiger partial charge on any atom is 0.249 e. The van der Waals surface area contributed by atoms with Crippen molar-refractivity contribution in [2.45, 2.75) is 13.0 Å². The molecule has 152 valence electrons. The lowest BCUT2D eigenvalue weighted by atomic mass is 10.1. The van der Waals surface area contributed by atoms with Gasteiger partial charge >= 0.3 is 0 Å². The number of nitrogens with zero attached hydrogens (tertiary/aromatic N) is 1. The molecule has 1 atom stereocenters. The summed E-state index contributed by atoms with van der Waals surface area (Å²) in [6.45, 7) is 1.76. The highest BCUT2D eigenvalue weighted by Gasteiger charge is 2.29. The number of ether oxygens (including phenoxy) is 1. The van der Waals surface area contributed by atoms with Gasteiger partial charge in [0.15, 0.2) is 0 Å². The van der Waals surface area contributed by atoms with Gasteiger partial charge in [0.2, 0.25) is 11.8 Å². The van der Waals surface area contributed by atoms with Crippen molar-refractivity contribution in [2.24, 2.45) is 0 Å². The third-order valence-electron chi connectivity index (χ3n) is 4.71. The van der Waals surface area contributed by atoms with Crippen LogP contribution in [0.1, 0.15) is 6.92 Å². The molecule has 1 aliphatic rings. The molecule has 3 aromatic carbocycles. The lowest BCUT2D eigenvalue weighted by Gasteiger charge is -2.31. The minimum absolute atomic E-state index is 0.00746. The normalized spacial score (nSPS) is 13.8. The second-order valence-corrected chi connectivity index (χ2v) is 7.32. The number of carbonyl (C=O) groups excluding carboxylic acids is 2. The van der Waals surface area contributed by atoms with Gasteiger partial charge in [0.1, 0.15) is 24.1 Å². The van der Waals surface area contributed by atoms with Crippen molar-refractivity contribution in [3.05, 3.63) is 77.8 Å². The molecule has 3 aromatic rings. The fourth-order valence-corrected chi connectivity index (χ4v) is 3.42. The van der Waals surface area contributed by atoms with Crippen LogP contribution in [0.4, 0.5) is 17.1 Å². The Kier molecular flexibility index (Phi) is 5.59. The van der Waals surface area contributed by atoms with Crippen LogP contribution in [0, 0.1) is 0 Å². The summed E-state index contributed by atoms with van der Waals surface area (Å²) in [5, 5.41) is 6.50. The van der Waals surface area contributed by atoms with Crippen LogP contribution < -0.4 is 20.3 Å². The maximum absolute atomic E-state index is 13.0. The smallest absolute Gasteiger partial charge is 0.249 e. The highest BCUT2D eigenvalue weighted by Crippen LogP contribution is 2.31. The molecule has 4 rings (SSSR count). The molecule has 30 heavy (non-hydrogen) atoms. The number of amides is 2. The van der Waals surface area contributed by atoms with Gasteiger partial charge in [0.25, 0.3) is 0 Å². The van der Waals surface area contributed by atoms with Crippen LogP contribution in [0.3, 0.4) is 0 Å². The minimum Gasteiger partial charge on any atom is -0.456 e. The predicted octanol–water partition coefficient (Wildman–Crippen LogP) is 4.92. The predicted molar refractivity (Wildman–Crippen MR) is 118 cm³/mol. The van der Waals surface area contributed by atoms with E-state index in [2.05, 4.69) is 10.6 Å². The molecule has 0 saturated heterocycles. The molecule has 0 saturated carbocycles. The van der Waals surface area contributed by atoms with Crippen molar-refractivity contribution in [1.29, 1.82) is 0 Å². The summed E-state index contributed by atoms with van der Waals surface area (Å²) in [6.07, 6.45) is 0. The first kappa shape index (κ1) is 19.8. The van der Waals surface area contributed by atoms with E-state index in [0.717, 1.165) is 5.69 Å². The van der Waals surface area contributed by atoms with Crippen LogP contribution in [0.5, 0.6) is 11.5 Å². The van der Waals surface area contributed by atoms with E-state index in [4.69, 9.17) is 16.3 Å². The fourth-order valence-electron chi connectivity index (χ4n) is 3.25. The second kappa shape index (κ2) is 8.47. The van der Waals surface area contributed by atoms with E-state index in [1.165, 1.54) is 4.90 Å². The molecule has 0 fully saturated rings. The zero-order valence-electron chi connectivity index (χ0n) is 16.3. The van der Waals surface area contributed by atoms with E-state index in [0.29, 0.717) is 27.9 Å². The van der Waals surface area contributed by atoms with Crippen LogP contribution in [0.25, 0.3) is 0 Å². The third kappa shape index (κ3) is 4.23. The van der Waals surface area contributed by atoms with Gasteiger partial charge in [-0.25, -0.2) is 0 Å². The number of hydrogen-bond donors (Lipinski definition) is 2. The summed E-state index contributed by atoms with van der Waals surface area (Å²) in [4.78, 5) is 26.5. The quantitative estimate of drug-likeness (QED) is 0.613. The monoisotopic (exact) mass is 421 g/mol. The van der Waals surface area contributed by atoms with Crippen LogP contribution in [-0.2, 0) is 9.59 Å². The van der Waals surface area contributed by atoms with E-state index < -0.39 is 6.04 Å². The third-order valence-corrected chi connectivity index (χ3v) is 5.02. The minimum atomic E-state index is -0.528. The molecular formula is C23H20ClN3O3. The molecule has 1 heterocycles. The van der Waals surface area contributed by atoms with Gasteiger partial charge in [-0.1, -0.05) is 35.9 Å². The van der Waals surface area contributed by atoms with E-state index in [1.54, 1.807) is 37.3 Å². The highest BCUT2D eigenvalue weighted by molar-refractivity contribution is 6.32. The fraction of sp³-hybridized carbons (Fsp3) is 0.130. The molecule has 0 aromatic heterocycles. The molecule has 1 aliphatic heterocycles. The summed E-state index contributed by atoms with van der Waals surface area (Å²) >= 11 is 6.12. The first-order valence-corrected chi connectivity index (χ1v) is 9.88. The number of fused-ring (bicyclic) bond motifs is 1. The van der Waals surface area contributed by atoms with Crippen LogP contribution in [0.15, 0.2) is 72.8 Å². The second-order valence-electron chi connectivity index (χ2n) is 6.91. The molecule has 1 unspecified atom stereocenters. The van der Waals surface area contributed by atoms with Crippen LogP contribution >= 0.6 is 11.6 Å². The molecule has 2 amide bonds. The van der Waals surface area contributed by atoms with Gasteiger partial charge in [-0.05, 0) is 55.5 Å². The van der Waals surface area contributed by atoms with Gasteiger partial charge in [0.05, 0.1) is 16.4 Å². The number of halogens is 1. The lowest BCUT2D eigenvalue weighted by molar-refractivity contribution is -0.122. The van der Waals surface area contributed by atoms with Gasteiger partial charge in [-0.2, -0.15) is 0 Å². The zero-order valence-corrected chi connectivity index (χ0v) is 17.0. The summed E-state index contributed by atoms with van der Waals surface area (Å²) < 4.78 is 5.78. The summed E-state index contributed by atoms with van der Waals surface area (Å²) in [6, 6.07) is 21.2. The highest BCUT2D eigenvalue weighted by atomic mass is 35.5. The Hall–Kier alpha value is -3.51. The standard InChI is InChI=1S/C23H20ClN3O3/c1-15(23(29)27-14-22(28)26-19-7-3-4-8-20(19)27)25-16-10-12-17(13-11-16)30-21-9-5-2-6-18(21)24/h2-13,15,25H,14H2,1H3,(H,26,28). The van der Waals surface area contributed by atoms with Crippen molar-refractivity contribution in [2.75, 3.05) is 22.1 Å². The Labute approximate surface area is 179 Å². The van der Waals surface area contributed by atoms with E-state index in [-0.39, 0.29) is 18.4 Å². The topological polar surface area (TPSA) is 70.7 Å². The Bertz CT molecular complexity index is 1090. The van der Waals surface area contributed by atoms with Gasteiger partial charge in [-0.3, -0.25) is 14.5 Å². The Morgan fingerprint density at radius 2 is 1.77 bits per heavy atom. The SMILES string of the molecule is CC(Nc1ccc(Oc2ccccc2Cl)cc1)C(=O)N1CC(=O)Nc2ccccc21. The van der Waals surface area contributed by atoms with Crippen LogP contribution in [0.2, 0.25) is 5.02 Å². The average molecular weight is 422 g/mol. The van der Waals surface area contributed by atoms with Gasteiger partial charge in [-0.15, -0.1) is 0 Å². The molecule has 0 aliphatic carbocycles. The van der Waals surface area contributed by atoms with Crippen molar-refractivity contribution >= 4 is 40.5 Å². The van der Waals surface area contributed by atoms with E-state index >= 15 is 0 Å². The molecule has 6 nitrogen and oxygen atoms in total. The van der Waals surface area contributed by atoms with E-state index in [9.17, 15) is 9.59 Å². The number of benzene rings is 3. The number of nitrogens with one attached hydrogen (secondary N) is 2. The van der Waals surface area contributed by atoms with Crippen molar-refractivity contribution in [3.8, 4) is 11.5 Å².